The van der Waals surface area contributed by atoms with E-state index in [9.17, 15) is 13.2 Å². The second-order valence-corrected chi connectivity index (χ2v) is 6.46. The minimum atomic E-state index is -3.16. The normalized spacial score (nSPS) is 15.8. The van der Waals surface area contributed by atoms with Crippen LogP contribution in [0.25, 0.3) is 0 Å². The number of hydrogen-bond donors (Lipinski definition) is 1. The molecule has 0 aliphatic heterocycles. The number of carbonyl (C=O) groups excluding carboxylic acids is 1. The summed E-state index contributed by atoms with van der Waals surface area (Å²) in [7, 11) is -3.16. The molecule has 0 atom stereocenters. The lowest BCUT2D eigenvalue weighted by molar-refractivity contribution is 0.0985. The van der Waals surface area contributed by atoms with E-state index in [0.29, 0.717) is 17.0 Å². The van der Waals surface area contributed by atoms with Crippen molar-refractivity contribution in [2.45, 2.75) is 29.4 Å². The number of carbonyl (C=O) groups is 1. The van der Waals surface area contributed by atoms with Gasteiger partial charge in [0.2, 0.25) is 0 Å². The van der Waals surface area contributed by atoms with Crippen molar-refractivity contribution in [3.05, 3.63) is 29.8 Å². The first-order valence-electron chi connectivity index (χ1n) is 5.63. The third-order valence-corrected chi connectivity index (χ3v) is 5.12. The number of sulfone groups is 1. The number of rotatable bonds is 5. The molecule has 0 amide bonds. The van der Waals surface area contributed by atoms with E-state index in [0.717, 1.165) is 12.8 Å². The topological polar surface area (TPSA) is 77.2 Å². The summed E-state index contributed by atoms with van der Waals surface area (Å²) < 4.78 is 23.8. The van der Waals surface area contributed by atoms with Gasteiger partial charge in [0.25, 0.3) is 0 Å². The lowest BCUT2D eigenvalue weighted by atomic mass is 10.1. The fourth-order valence-electron chi connectivity index (χ4n) is 1.68. The SMILES string of the molecule is NCCC(=O)c1ccc(S(=O)(=O)C2CC2)cc1. The Kier molecular flexibility index (Phi) is 3.31. The molecule has 5 heteroatoms. The molecular formula is C12H15NO3S. The number of Topliss-reactive ketones (excluding diaryl/α,β-unsaturated/α-hetero) is 1. The van der Waals surface area contributed by atoms with E-state index in [1.165, 1.54) is 12.1 Å². The van der Waals surface area contributed by atoms with Gasteiger partial charge in [-0.25, -0.2) is 8.42 Å². The van der Waals surface area contributed by atoms with Crippen LogP contribution in [0.3, 0.4) is 0 Å². The first-order chi connectivity index (χ1) is 8.05. The second kappa shape index (κ2) is 4.58. The third kappa shape index (κ3) is 2.56. The monoisotopic (exact) mass is 253 g/mol. The molecule has 1 aromatic rings. The molecule has 2 N–H and O–H groups in total. The third-order valence-electron chi connectivity index (χ3n) is 2.84. The Morgan fingerprint density at radius 1 is 1.24 bits per heavy atom. The molecule has 0 saturated heterocycles. The lowest BCUT2D eigenvalue weighted by Gasteiger charge is -2.04. The Bertz CT molecular complexity index is 515. The van der Waals surface area contributed by atoms with Crippen LogP contribution in [0.15, 0.2) is 29.2 Å². The number of hydrogen-bond acceptors (Lipinski definition) is 4. The molecule has 2 rings (SSSR count). The highest BCUT2D eigenvalue weighted by atomic mass is 32.2. The van der Waals surface area contributed by atoms with Gasteiger partial charge in [-0.1, -0.05) is 12.1 Å². The van der Waals surface area contributed by atoms with Gasteiger partial charge in [-0.2, -0.15) is 0 Å². The summed E-state index contributed by atoms with van der Waals surface area (Å²) >= 11 is 0. The summed E-state index contributed by atoms with van der Waals surface area (Å²) in [6.45, 7) is 0.307. The Morgan fingerprint density at radius 2 is 1.82 bits per heavy atom. The minimum absolute atomic E-state index is 0.0529. The van der Waals surface area contributed by atoms with Crippen molar-refractivity contribution in [2.24, 2.45) is 5.73 Å². The number of benzene rings is 1. The molecule has 1 aliphatic rings. The molecule has 0 unspecified atom stereocenters. The molecule has 1 fully saturated rings. The quantitative estimate of drug-likeness (QED) is 0.799. The zero-order valence-electron chi connectivity index (χ0n) is 9.43. The van der Waals surface area contributed by atoms with Gasteiger partial charge >= 0.3 is 0 Å². The van der Waals surface area contributed by atoms with Crippen molar-refractivity contribution >= 4 is 15.6 Å². The van der Waals surface area contributed by atoms with Crippen LogP contribution in [0.2, 0.25) is 0 Å². The zero-order valence-corrected chi connectivity index (χ0v) is 10.2. The molecule has 0 aromatic heterocycles. The van der Waals surface area contributed by atoms with Crippen molar-refractivity contribution < 1.29 is 13.2 Å². The van der Waals surface area contributed by atoms with Gasteiger partial charge in [-0.05, 0) is 31.5 Å². The summed E-state index contributed by atoms with van der Waals surface area (Å²) in [6.07, 6.45) is 1.78. The maximum absolute atomic E-state index is 11.9. The molecule has 0 bridgehead atoms. The van der Waals surface area contributed by atoms with Crippen LogP contribution in [0, 0.1) is 0 Å². The Morgan fingerprint density at radius 3 is 2.29 bits per heavy atom. The predicted molar refractivity (Wildman–Crippen MR) is 64.7 cm³/mol. The van der Waals surface area contributed by atoms with Crippen molar-refractivity contribution in [1.82, 2.24) is 0 Å². The van der Waals surface area contributed by atoms with E-state index in [1.807, 2.05) is 0 Å². The van der Waals surface area contributed by atoms with Crippen molar-refractivity contribution in [1.29, 1.82) is 0 Å². The second-order valence-electron chi connectivity index (χ2n) is 4.23. The first-order valence-corrected chi connectivity index (χ1v) is 7.17. The van der Waals surface area contributed by atoms with E-state index < -0.39 is 9.84 Å². The molecular weight excluding hydrogens is 238 g/mol. The van der Waals surface area contributed by atoms with Crippen LogP contribution in [-0.4, -0.2) is 26.0 Å². The largest absolute Gasteiger partial charge is 0.330 e. The number of ketones is 1. The summed E-state index contributed by atoms with van der Waals surface area (Å²) in [5.41, 5.74) is 5.82. The van der Waals surface area contributed by atoms with Gasteiger partial charge in [0.15, 0.2) is 15.6 Å². The van der Waals surface area contributed by atoms with E-state index in [1.54, 1.807) is 12.1 Å². The van der Waals surface area contributed by atoms with E-state index in [2.05, 4.69) is 0 Å². The minimum Gasteiger partial charge on any atom is -0.330 e. The van der Waals surface area contributed by atoms with Gasteiger partial charge in [0, 0.05) is 12.0 Å². The molecule has 1 aliphatic carbocycles. The zero-order chi connectivity index (χ0) is 12.5. The lowest BCUT2D eigenvalue weighted by Crippen LogP contribution is -2.10. The standard InChI is InChI=1S/C12H15NO3S/c13-8-7-12(14)9-1-3-10(4-2-9)17(15,16)11-5-6-11/h1-4,11H,5-8,13H2. The Labute approximate surface area is 101 Å². The Hall–Kier alpha value is -1.20. The van der Waals surface area contributed by atoms with Gasteiger partial charge in [-0.3, -0.25) is 4.79 Å². The summed E-state index contributed by atoms with van der Waals surface area (Å²) in [6, 6.07) is 6.15. The molecule has 92 valence electrons. The van der Waals surface area contributed by atoms with Crippen molar-refractivity contribution in [3.63, 3.8) is 0 Å². The smallest absolute Gasteiger partial charge is 0.181 e. The maximum atomic E-state index is 11.9. The number of nitrogens with two attached hydrogens (primary N) is 1. The van der Waals surface area contributed by atoms with Crippen LogP contribution < -0.4 is 5.73 Å². The van der Waals surface area contributed by atoms with Crippen molar-refractivity contribution in [2.75, 3.05) is 6.54 Å². The molecule has 0 heterocycles. The highest BCUT2D eigenvalue weighted by Gasteiger charge is 2.36. The predicted octanol–water partition coefficient (Wildman–Crippen LogP) is 1.15. The van der Waals surface area contributed by atoms with Crippen LogP contribution in [0.1, 0.15) is 29.6 Å². The highest BCUT2D eigenvalue weighted by molar-refractivity contribution is 7.92. The Balaban J connectivity index is 2.21. The van der Waals surface area contributed by atoms with E-state index in [4.69, 9.17) is 5.73 Å². The molecule has 0 radical (unpaired) electrons. The average Bonchev–Trinajstić information content (AvgIpc) is 3.13. The van der Waals surface area contributed by atoms with Crippen LogP contribution in [-0.2, 0) is 9.84 Å². The maximum Gasteiger partial charge on any atom is 0.181 e. The van der Waals surface area contributed by atoms with Crippen LogP contribution >= 0.6 is 0 Å². The van der Waals surface area contributed by atoms with Crippen LogP contribution in [0.5, 0.6) is 0 Å². The van der Waals surface area contributed by atoms with Crippen LogP contribution in [0.4, 0.5) is 0 Å². The fourth-order valence-corrected chi connectivity index (χ4v) is 3.33. The van der Waals surface area contributed by atoms with Gasteiger partial charge in [0.05, 0.1) is 10.1 Å². The highest BCUT2D eigenvalue weighted by Crippen LogP contribution is 2.33. The van der Waals surface area contributed by atoms with Crippen molar-refractivity contribution in [3.8, 4) is 0 Å². The summed E-state index contributed by atoms with van der Waals surface area (Å²) in [5.74, 6) is -0.0529. The molecule has 0 spiro atoms. The van der Waals surface area contributed by atoms with Gasteiger partial charge < -0.3 is 5.73 Å². The first kappa shape index (κ1) is 12.3. The summed E-state index contributed by atoms with van der Waals surface area (Å²) in [5, 5.41) is -0.215. The van der Waals surface area contributed by atoms with E-state index in [-0.39, 0.29) is 17.5 Å². The molecule has 4 nitrogen and oxygen atoms in total. The van der Waals surface area contributed by atoms with E-state index >= 15 is 0 Å². The van der Waals surface area contributed by atoms with Gasteiger partial charge in [0.1, 0.15) is 0 Å². The molecule has 1 aromatic carbocycles. The fraction of sp³-hybridized carbons (Fsp3) is 0.417. The molecule has 17 heavy (non-hydrogen) atoms. The van der Waals surface area contributed by atoms with Gasteiger partial charge in [-0.15, -0.1) is 0 Å². The summed E-state index contributed by atoms with van der Waals surface area (Å²) in [4.78, 5) is 11.8. The average molecular weight is 253 g/mol. The molecule has 1 saturated carbocycles.